The molecule has 0 fully saturated rings. The second-order valence-corrected chi connectivity index (χ2v) is 4.68. The Bertz CT molecular complexity index is 623. The van der Waals surface area contributed by atoms with Gasteiger partial charge in [-0.2, -0.15) is 0 Å². The number of carbonyl (C=O) groups excluding carboxylic acids is 2. The standard InChI is InChI=1S/C10H12N2O.C7H7NO/c1-12(2)7-5-10(13)9-4-3-6-11-8-9;1-6(9)7-3-2-4-8-5-7/h3-8H,1-2H3;2-5H,1H3/b7-5+;. The van der Waals surface area contributed by atoms with Crippen molar-refractivity contribution in [2.24, 2.45) is 0 Å². The Morgan fingerprint density at radius 1 is 1.00 bits per heavy atom. The molecule has 0 spiro atoms. The summed E-state index contributed by atoms with van der Waals surface area (Å²) in [6.45, 7) is 1.52. The molecule has 0 aliphatic carbocycles. The molecule has 22 heavy (non-hydrogen) atoms. The molecule has 5 nitrogen and oxygen atoms in total. The van der Waals surface area contributed by atoms with Crippen molar-refractivity contribution >= 4 is 11.6 Å². The maximum absolute atomic E-state index is 11.4. The van der Waals surface area contributed by atoms with Crippen LogP contribution in [0.2, 0.25) is 0 Å². The Balaban J connectivity index is 0.000000235. The molecule has 0 saturated heterocycles. The monoisotopic (exact) mass is 297 g/mol. The molecule has 0 radical (unpaired) electrons. The van der Waals surface area contributed by atoms with Crippen LogP contribution >= 0.6 is 0 Å². The van der Waals surface area contributed by atoms with Crippen molar-refractivity contribution in [3.05, 3.63) is 72.5 Å². The fourth-order valence-electron chi connectivity index (χ4n) is 1.39. The number of rotatable bonds is 4. The zero-order valence-corrected chi connectivity index (χ0v) is 12.9. The highest BCUT2D eigenvalue weighted by Gasteiger charge is 1.99. The minimum atomic E-state index is -0.0261. The fourth-order valence-corrected chi connectivity index (χ4v) is 1.39. The van der Waals surface area contributed by atoms with Crippen molar-refractivity contribution in [3.63, 3.8) is 0 Å². The van der Waals surface area contributed by atoms with E-state index in [1.54, 1.807) is 55.3 Å². The lowest BCUT2D eigenvalue weighted by Crippen LogP contribution is -2.03. The van der Waals surface area contributed by atoms with E-state index in [9.17, 15) is 9.59 Å². The fraction of sp³-hybridized carbons (Fsp3) is 0.176. The molecule has 0 atom stereocenters. The van der Waals surface area contributed by atoms with Gasteiger partial charge in [-0.15, -0.1) is 0 Å². The third kappa shape index (κ3) is 6.56. The van der Waals surface area contributed by atoms with Gasteiger partial charge in [-0.1, -0.05) is 0 Å². The van der Waals surface area contributed by atoms with Crippen molar-refractivity contribution in [2.45, 2.75) is 6.92 Å². The van der Waals surface area contributed by atoms with Gasteiger partial charge in [0.15, 0.2) is 11.6 Å². The van der Waals surface area contributed by atoms with Crippen LogP contribution in [-0.4, -0.2) is 40.5 Å². The van der Waals surface area contributed by atoms with Crippen molar-refractivity contribution < 1.29 is 9.59 Å². The first-order valence-corrected chi connectivity index (χ1v) is 6.70. The van der Waals surface area contributed by atoms with Crippen LogP contribution in [0.15, 0.2) is 61.3 Å². The number of hydrogen-bond donors (Lipinski definition) is 0. The van der Waals surface area contributed by atoms with Crippen LogP contribution in [0.3, 0.4) is 0 Å². The highest BCUT2D eigenvalue weighted by molar-refractivity contribution is 6.04. The zero-order chi connectivity index (χ0) is 16.4. The largest absolute Gasteiger partial charge is 0.383 e. The molecule has 114 valence electrons. The number of pyridine rings is 2. The Hall–Kier alpha value is -2.82. The molecular weight excluding hydrogens is 278 g/mol. The van der Waals surface area contributed by atoms with Crippen LogP contribution in [0, 0.1) is 0 Å². The van der Waals surface area contributed by atoms with Crippen LogP contribution in [0.25, 0.3) is 0 Å². The van der Waals surface area contributed by atoms with Gasteiger partial charge in [0.05, 0.1) is 0 Å². The molecule has 0 N–H and O–H groups in total. The average Bonchev–Trinajstić information content (AvgIpc) is 2.55. The SMILES string of the molecule is CC(=O)c1cccnc1.CN(C)/C=C/C(=O)c1cccnc1. The Kier molecular flexibility index (Phi) is 7.19. The lowest BCUT2D eigenvalue weighted by molar-refractivity contribution is 0.101. The van der Waals surface area contributed by atoms with E-state index in [1.165, 1.54) is 13.0 Å². The third-order valence-electron chi connectivity index (χ3n) is 2.54. The lowest BCUT2D eigenvalue weighted by atomic mass is 10.2. The molecule has 2 aromatic heterocycles. The van der Waals surface area contributed by atoms with Crippen LogP contribution in [0.1, 0.15) is 27.6 Å². The summed E-state index contributed by atoms with van der Waals surface area (Å²) in [7, 11) is 3.74. The smallest absolute Gasteiger partial charge is 0.188 e. The first kappa shape index (κ1) is 17.2. The summed E-state index contributed by atoms with van der Waals surface area (Å²) in [5, 5.41) is 0. The molecule has 0 unspecified atom stereocenters. The minimum Gasteiger partial charge on any atom is -0.383 e. The van der Waals surface area contributed by atoms with Crippen molar-refractivity contribution in [2.75, 3.05) is 14.1 Å². The highest BCUT2D eigenvalue weighted by Crippen LogP contribution is 1.98. The topological polar surface area (TPSA) is 63.2 Å². The van der Waals surface area contributed by atoms with Gasteiger partial charge < -0.3 is 4.90 Å². The quantitative estimate of drug-likeness (QED) is 0.641. The summed E-state index contributed by atoms with van der Waals surface area (Å²) >= 11 is 0. The Morgan fingerprint density at radius 2 is 1.55 bits per heavy atom. The van der Waals surface area contributed by atoms with E-state index in [2.05, 4.69) is 9.97 Å². The van der Waals surface area contributed by atoms with Crippen LogP contribution in [-0.2, 0) is 0 Å². The maximum atomic E-state index is 11.4. The maximum Gasteiger partial charge on any atom is 0.188 e. The average molecular weight is 297 g/mol. The van der Waals surface area contributed by atoms with Gasteiger partial charge >= 0.3 is 0 Å². The lowest BCUT2D eigenvalue weighted by Gasteiger charge is -2.02. The summed E-state index contributed by atoms with van der Waals surface area (Å²) in [5.74, 6) is 0.0323. The van der Waals surface area contributed by atoms with Gasteiger partial charge in [0.25, 0.3) is 0 Å². The van der Waals surface area contributed by atoms with E-state index >= 15 is 0 Å². The molecule has 0 aliphatic heterocycles. The molecule has 2 heterocycles. The third-order valence-corrected chi connectivity index (χ3v) is 2.54. The molecule has 0 aromatic carbocycles. The number of aromatic nitrogens is 2. The van der Waals surface area contributed by atoms with E-state index in [0.29, 0.717) is 11.1 Å². The van der Waals surface area contributed by atoms with Gasteiger partial charge in [-0.3, -0.25) is 19.6 Å². The molecule has 2 rings (SSSR count). The highest BCUT2D eigenvalue weighted by atomic mass is 16.1. The van der Waals surface area contributed by atoms with Crippen LogP contribution in [0.5, 0.6) is 0 Å². The normalized spacial score (nSPS) is 9.77. The Labute approximate surface area is 130 Å². The summed E-state index contributed by atoms with van der Waals surface area (Å²) in [4.78, 5) is 31.5. The van der Waals surface area contributed by atoms with Crippen molar-refractivity contribution in [3.8, 4) is 0 Å². The zero-order valence-electron chi connectivity index (χ0n) is 12.9. The van der Waals surface area contributed by atoms with Gasteiger partial charge in [0.1, 0.15) is 0 Å². The number of ketones is 2. The van der Waals surface area contributed by atoms with Gasteiger partial charge in [-0.05, 0) is 31.2 Å². The second kappa shape index (κ2) is 9.18. The van der Waals surface area contributed by atoms with Crippen molar-refractivity contribution in [1.82, 2.24) is 14.9 Å². The summed E-state index contributed by atoms with van der Waals surface area (Å²) in [6, 6.07) is 6.98. The summed E-state index contributed by atoms with van der Waals surface area (Å²) in [5.41, 5.74) is 1.28. The second-order valence-electron chi connectivity index (χ2n) is 4.68. The summed E-state index contributed by atoms with van der Waals surface area (Å²) < 4.78 is 0. The van der Waals surface area contributed by atoms with Crippen LogP contribution < -0.4 is 0 Å². The van der Waals surface area contributed by atoms with Gasteiger partial charge in [-0.25, -0.2) is 0 Å². The molecule has 0 aliphatic rings. The van der Waals surface area contributed by atoms with E-state index in [4.69, 9.17) is 0 Å². The summed E-state index contributed by atoms with van der Waals surface area (Å²) in [6.07, 6.45) is 9.65. The first-order valence-electron chi connectivity index (χ1n) is 6.70. The number of hydrogen-bond acceptors (Lipinski definition) is 5. The molecule has 0 bridgehead atoms. The molecule has 5 heteroatoms. The molecule has 0 amide bonds. The minimum absolute atomic E-state index is 0.0261. The Morgan fingerprint density at radius 3 is 1.91 bits per heavy atom. The van der Waals surface area contributed by atoms with E-state index in [0.717, 1.165) is 0 Å². The number of Topliss-reactive ketones (excluding diaryl/α,β-unsaturated/α-hetero) is 1. The number of nitrogens with zero attached hydrogens (tertiary/aromatic N) is 3. The number of allylic oxidation sites excluding steroid dienone is 1. The van der Waals surface area contributed by atoms with Crippen molar-refractivity contribution in [1.29, 1.82) is 0 Å². The predicted octanol–water partition coefficient (Wildman–Crippen LogP) is 2.62. The predicted molar refractivity (Wildman–Crippen MR) is 85.6 cm³/mol. The van der Waals surface area contributed by atoms with Gasteiger partial charge in [0.2, 0.25) is 0 Å². The molecular formula is C17H19N3O2. The molecule has 2 aromatic rings. The first-order chi connectivity index (χ1) is 10.5. The van der Waals surface area contributed by atoms with E-state index in [1.807, 2.05) is 19.0 Å². The van der Waals surface area contributed by atoms with Gasteiger partial charge in [0, 0.05) is 62.3 Å². The molecule has 0 saturated carbocycles. The van der Waals surface area contributed by atoms with E-state index in [-0.39, 0.29) is 11.6 Å². The number of carbonyl (C=O) groups is 2. The van der Waals surface area contributed by atoms with Crippen LogP contribution in [0.4, 0.5) is 0 Å². The van der Waals surface area contributed by atoms with E-state index < -0.39 is 0 Å².